The van der Waals surface area contributed by atoms with Crippen molar-refractivity contribution in [3.63, 3.8) is 0 Å². The molecule has 0 fully saturated rings. The van der Waals surface area contributed by atoms with Crippen LogP contribution in [0.3, 0.4) is 0 Å². The Morgan fingerprint density at radius 3 is 2.61 bits per heavy atom. The number of nitro benzene ring substituents is 1. The first kappa shape index (κ1) is 26.0. The van der Waals surface area contributed by atoms with E-state index in [0.29, 0.717) is 0 Å². The number of nitro groups is 1. The predicted octanol–water partition coefficient (Wildman–Crippen LogP) is 6.43. The van der Waals surface area contributed by atoms with Crippen molar-refractivity contribution >= 4 is 17.2 Å². The van der Waals surface area contributed by atoms with Crippen molar-refractivity contribution in [1.82, 2.24) is 10.3 Å². The lowest BCUT2D eigenvalue weighted by Crippen LogP contribution is -2.31. The monoisotopic (exact) mass is 449 g/mol. The molecule has 0 saturated carbocycles. The third-order valence-electron chi connectivity index (χ3n) is 5.51. The lowest BCUT2D eigenvalue weighted by atomic mass is 9.98. The first-order chi connectivity index (χ1) is 16.0. The van der Waals surface area contributed by atoms with Crippen molar-refractivity contribution < 1.29 is 9.72 Å². The molecule has 0 aliphatic rings. The Labute approximate surface area is 197 Å². The van der Waals surface area contributed by atoms with E-state index in [-0.39, 0.29) is 17.6 Å². The Balaban J connectivity index is 1.90. The minimum Gasteiger partial charge on any atom is -0.350 e. The Morgan fingerprint density at radius 1 is 1.15 bits per heavy atom. The van der Waals surface area contributed by atoms with Gasteiger partial charge in [-0.15, -0.1) is 0 Å². The van der Waals surface area contributed by atoms with Crippen LogP contribution in [0.4, 0.5) is 5.69 Å². The second-order valence-electron chi connectivity index (χ2n) is 8.33. The van der Waals surface area contributed by atoms with Gasteiger partial charge in [0.1, 0.15) is 0 Å². The Hall–Kier alpha value is -3.28. The van der Waals surface area contributed by atoms with E-state index in [2.05, 4.69) is 23.3 Å². The fourth-order valence-corrected chi connectivity index (χ4v) is 3.64. The highest BCUT2D eigenvalue weighted by atomic mass is 16.6. The zero-order valence-corrected chi connectivity index (χ0v) is 19.7. The van der Waals surface area contributed by atoms with Gasteiger partial charge in [0.2, 0.25) is 5.91 Å². The number of rotatable bonds is 14. The van der Waals surface area contributed by atoms with Crippen molar-refractivity contribution in [3.05, 3.63) is 88.3 Å². The quantitative estimate of drug-likeness (QED) is 0.118. The standard InChI is InChI=1S/C27H35N3O3/c1-3-4-5-6-13-24(25-16-18-26(19-17-25)30(32)33)14-8-15-27(31)29-22(2)10-7-11-23-12-9-20-28-21-23/h8-9,12,14-22H,3-7,10-11,13H2,1-2H3,(H,29,31)/b15-8+,24-14+/t22-/m1/s1. The first-order valence-electron chi connectivity index (χ1n) is 11.8. The fourth-order valence-electron chi connectivity index (χ4n) is 3.64. The van der Waals surface area contributed by atoms with Gasteiger partial charge < -0.3 is 5.32 Å². The Morgan fingerprint density at radius 2 is 1.94 bits per heavy atom. The van der Waals surface area contributed by atoms with E-state index in [1.807, 2.05) is 25.3 Å². The number of allylic oxidation sites excluding steroid dienone is 3. The van der Waals surface area contributed by atoms with Gasteiger partial charge >= 0.3 is 0 Å². The zero-order chi connectivity index (χ0) is 23.9. The van der Waals surface area contributed by atoms with Gasteiger partial charge in [0.25, 0.3) is 5.69 Å². The molecule has 1 aromatic heterocycles. The second kappa shape index (κ2) is 14.7. The highest BCUT2D eigenvalue weighted by Crippen LogP contribution is 2.24. The predicted molar refractivity (Wildman–Crippen MR) is 134 cm³/mol. The summed E-state index contributed by atoms with van der Waals surface area (Å²) in [5.74, 6) is -0.117. The van der Waals surface area contributed by atoms with Gasteiger partial charge in [-0.2, -0.15) is 0 Å². The maximum absolute atomic E-state index is 12.3. The maximum Gasteiger partial charge on any atom is 0.269 e. The van der Waals surface area contributed by atoms with E-state index >= 15 is 0 Å². The third-order valence-corrected chi connectivity index (χ3v) is 5.51. The number of non-ortho nitro benzene ring substituents is 1. The molecule has 0 saturated heterocycles. The van der Waals surface area contributed by atoms with Crippen molar-refractivity contribution in [3.8, 4) is 0 Å². The summed E-state index contributed by atoms with van der Waals surface area (Å²) in [6, 6.07) is 10.7. The van der Waals surface area contributed by atoms with Gasteiger partial charge in [-0.1, -0.05) is 44.4 Å². The van der Waals surface area contributed by atoms with Crippen molar-refractivity contribution in [2.45, 2.75) is 71.3 Å². The van der Waals surface area contributed by atoms with Crippen LogP contribution in [-0.4, -0.2) is 21.9 Å². The number of hydrogen-bond acceptors (Lipinski definition) is 4. The zero-order valence-electron chi connectivity index (χ0n) is 19.7. The van der Waals surface area contributed by atoms with Gasteiger partial charge in [-0.05, 0) is 73.9 Å². The normalized spacial score (nSPS) is 12.6. The molecule has 1 amide bonds. The minimum atomic E-state index is -0.392. The SMILES string of the molecule is CCCCCC/C(=C\C=C\C(=O)N[C@H](C)CCCc1cccnc1)c1ccc([N+](=O)[O-])cc1. The van der Waals surface area contributed by atoms with Crippen LogP contribution in [0.5, 0.6) is 0 Å². The largest absolute Gasteiger partial charge is 0.350 e. The maximum atomic E-state index is 12.3. The van der Waals surface area contributed by atoms with Crippen LogP contribution < -0.4 is 5.32 Å². The lowest BCUT2D eigenvalue weighted by molar-refractivity contribution is -0.384. The smallest absolute Gasteiger partial charge is 0.269 e. The molecule has 1 heterocycles. The van der Waals surface area contributed by atoms with Gasteiger partial charge in [-0.25, -0.2) is 0 Å². The molecular weight excluding hydrogens is 414 g/mol. The molecule has 1 N–H and O–H groups in total. The van der Waals surface area contributed by atoms with E-state index in [9.17, 15) is 14.9 Å². The molecule has 2 rings (SSSR count). The number of amides is 1. The number of carbonyl (C=O) groups excluding carboxylic acids is 1. The molecule has 0 aliphatic heterocycles. The molecule has 0 radical (unpaired) electrons. The third kappa shape index (κ3) is 10.3. The van der Waals surface area contributed by atoms with E-state index < -0.39 is 4.92 Å². The van der Waals surface area contributed by atoms with Crippen LogP contribution in [0.15, 0.2) is 67.0 Å². The summed E-state index contributed by atoms with van der Waals surface area (Å²) in [4.78, 5) is 27.0. The van der Waals surface area contributed by atoms with E-state index in [1.165, 1.54) is 24.1 Å². The number of unbranched alkanes of at least 4 members (excludes halogenated alkanes) is 3. The summed E-state index contributed by atoms with van der Waals surface area (Å²) in [5.41, 5.74) is 3.32. The van der Waals surface area contributed by atoms with Gasteiger partial charge in [0.05, 0.1) is 4.92 Å². The molecule has 2 aromatic rings. The molecule has 33 heavy (non-hydrogen) atoms. The van der Waals surface area contributed by atoms with Crippen LogP contribution >= 0.6 is 0 Å². The molecule has 0 aliphatic carbocycles. The molecular formula is C27H35N3O3. The summed E-state index contributed by atoms with van der Waals surface area (Å²) in [7, 11) is 0. The number of carbonyl (C=O) groups is 1. The van der Waals surface area contributed by atoms with Gasteiger partial charge in [-0.3, -0.25) is 19.9 Å². The van der Waals surface area contributed by atoms with Crippen LogP contribution in [0.1, 0.15) is 69.9 Å². The van der Waals surface area contributed by atoms with Crippen LogP contribution in [-0.2, 0) is 11.2 Å². The van der Waals surface area contributed by atoms with E-state index in [1.54, 1.807) is 30.5 Å². The summed E-state index contributed by atoms with van der Waals surface area (Å²) in [6.07, 6.45) is 17.2. The number of pyridine rings is 1. The number of nitrogens with one attached hydrogen (secondary N) is 1. The summed E-state index contributed by atoms with van der Waals surface area (Å²) in [6.45, 7) is 4.19. The molecule has 6 heteroatoms. The number of aryl methyl sites for hydroxylation is 1. The van der Waals surface area contributed by atoms with Crippen LogP contribution in [0.25, 0.3) is 5.57 Å². The number of aromatic nitrogens is 1. The number of hydrogen-bond donors (Lipinski definition) is 1. The Bertz CT molecular complexity index is 921. The van der Waals surface area contributed by atoms with E-state index in [4.69, 9.17) is 0 Å². The fraction of sp³-hybridized carbons (Fsp3) is 0.407. The van der Waals surface area contributed by atoms with E-state index in [0.717, 1.165) is 56.1 Å². The van der Waals surface area contributed by atoms with Crippen molar-refractivity contribution in [2.24, 2.45) is 0 Å². The molecule has 0 unspecified atom stereocenters. The highest BCUT2D eigenvalue weighted by molar-refractivity contribution is 5.88. The molecule has 176 valence electrons. The lowest BCUT2D eigenvalue weighted by Gasteiger charge is -2.12. The molecule has 1 atom stereocenters. The van der Waals surface area contributed by atoms with Crippen LogP contribution in [0.2, 0.25) is 0 Å². The van der Waals surface area contributed by atoms with Gasteiger partial charge in [0.15, 0.2) is 0 Å². The summed E-state index contributed by atoms with van der Waals surface area (Å²) < 4.78 is 0. The molecule has 0 bridgehead atoms. The summed E-state index contributed by atoms with van der Waals surface area (Å²) in [5, 5.41) is 13.9. The van der Waals surface area contributed by atoms with Crippen molar-refractivity contribution in [1.29, 1.82) is 0 Å². The number of benzene rings is 1. The number of nitrogens with zero attached hydrogens (tertiary/aromatic N) is 2. The van der Waals surface area contributed by atoms with Crippen LogP contribution in [0, 0.1) is 10.1 Å². The highest BCUT2D eigenvalue weighted by Gasteiger charge is 2.08. The Kier molecular flexibility index (Phi) is 11.6. The molecule has 1 aromatic carbocycles. The topological polar surface area (TPSA) is 85.1 Å². The minimum absolute atomic E-state index is 0.0801. The first-order valence-corrected chi connectivity index (χ1v) is 11.8. The summed E-state index contributed by atoms with van der Waals surface area (Å²) >= 11 is 0. The molecule has 0 spiro atoms. The van der Waals surface area contributed by atoms with Crippen molar-refractivity contribution in [2.75, 3.05) is 0 Å². The van der Waals surface area contributed by atoms with Gasteiger partial charge in [0, 0.05) is 36.6 Å². The average molecular weight is 450 g/mol. The average Bonchev–Trinajstić information content (AvgIpc) is 2.81. The second-order valence-corrected chi connectivity index (χ2v) is 8.33. The molecule has 6 nitrogen and oxygen atoms in total.